The third-order valence-corrected chi connectivity index (χ3v) is 4.19. The van der Waals surface area contributed by atoms with E-state index in [1.807, 2.05) is 12.1 Å². The van der Waals surface area contributed by atoms with Crippen molar-refractivity contribution >= 4 is 11.9 Å². The van der Waals surface area contributed by atoms with Gasteiger partial charge in [0.1, 0.15) is 11.6 Å². The Kier molecular flexibility index (Phi) is 4.94. The maximum absolute atomic E-state index is 12.1. The summed E-state index contributed by atoms with van der Waals surface area (Å²) in [6, 6.07) is 13.7. The molecular weight excluding hydrogens is 348 g/mol. The number of nitrogens with zero attached hydrogens (tertiary/aromatic N) is 2. The molecule has 0 aliphatic heterocycles. The molecule has 27 heavy (non-hydrogen) atoms. The minimum atomic E-state index is -1.03. The first-order valence-electron chi connectivity index (χ1n) is 8.12. The normalized spacial score (nSPS) is 10.5. The van der Waals surface area contributed by atoms with Gasteiger partial charge >= 0.3 is 11.9 Å². The number of carboxylic acids is 1. The topological polar surface area (TPSA) is 90.7 Å². The highest BCUT2D eigenvalue weighted by molar-refractivity contribution is 5.90. The molecule has 1 N–H and O–H groups in total. The standard InChI is InChI=1S/C20H18N2O5/c1-12-17(20(25)27-3)21-18(13-7-9-16(26-2)10-8-13)22(12)15-6-4-5-14(11-15)19(23)24/h4-11H,1-3H3,(H,23,24). The quantitative estimate of drug-likeness (QED) is 0.697. The molecule has 0 atom stereocenters. The van der Waals surface area contributed by atoms with Crippen molar-refractivity contribution in [2.45, 2.75) is 6.92 Å². The zero-order chi connectivity index (χ0) is 19.6. The van der Waals surface area contributed by atoms with E-state index in [0.717, 1.165) is 5.56 Å². The van der Waals surface area contributed by atoms with Crippen LogP contribution in [0.3, 0.4) is 0 Å². The number of hydrogen-bond acceptors (Lipinski definition) is 5. The van der Waals surface area contributed by atoms with Crippen molar-refractivity contribution in [2.24, 2.45) is 0 Å². The van der Waals surface area contributed by atoms with Gasteiger partial charge in [-0.25, -0.2) is 14.6 Å². The molecule has 7 nitrogen and oxygen atoms in total. The lowest BCUT2D eigenvalue weighted by atomic mass is 10.1. The molecule has 0 radical (unpaired) electrons. The van der Waals surface area contributed by atoms with Crippen molar-refractivity contribution in [2.75, 3.05) is 14.2 Å². The van der Waals surface area contributed by atoms with Crippen LogP contribution in [0, 0.1) is 6.92 Å². The van der Waals surface area contributed by atoms with Gasteiger partial charge in [-0.05, 0) is 49.4 Å². The Labute approximate surface area is 155 Å². The largest absolute Gasteiger partial charge is 0.497 e. The van der Waals surface area contributed by atoms with E-state index >= 15 is 0 Å². The molecule has 0 aliphatic carbocycles. The zero-order valence-corrected chi connectivity index (χ0v) is 15.1. The fourth-order valence-corrected chi connectivity index (χ4v) is 2.82. The van der Waals surface area contributed by atoms with Gasteiger partial charge < -0.3 is 14.6 Å². The molecule has 0 fully saturated rings. The monoisotopic (exact) mass is 366 g/mol. The van der Waals surface area contributed by atoms with Crippen LogP contribution in [0.5, 0.6) is 5.75 Å². The number of carbonyl (C=O) groups excluding carboxylic acids is 1. The minimum Gasteiger partial charge on any atom is -0.497 e. The summed E-state index contributed by atoms with van der Waals surface area (Å²) in [7, 11) is 2.87. The first kappa shape index (κ1) is 18.2. The van der Waals surface area contributed by atoms with Crippen LogP contribution in [-0.2, 0) is 4.74 Å². The highest BCUT2D eigenvalue weighted by atomic mass is 16.5. The minimum absolute atomic E-state index is 0.140. The fourth-order valence-electron chi connectivity index (χ4n) is 2.82. The van der Waals surface area contributed by atoms with Gasteiger partial charge in [0.05, 0.1) is 25.5 Å². The van der Waals surface area contributed by atoms with Crippen molar-refractivity contribution in [1.82, 2.24) is 9.55 Å². The predicted molar refractivity (Wildman–Crippen MR) is 98.6 cm³/mol. The van der Waals surface area contributed by atoms with E-state index in [4.69, 9.17) is 9.47 Å². The number of aromatic carboxylic acids is 1. The SMILES string of the molecule is COC(=O)c1nc(-c2ccc(OC)cc2)n(-c2cccc(C(=O)O)c2)c1C. The summed E-state index contributed by atoms with van der Waals surface area (Å²) in [5, 5.41) is 9.29. The van der Waals surface area contributed by atoms with Gasteiger partial charge in [0.2, 0.25) is 0 Å². The molecule has 1 aromatic heterocycles. The van der Waals surface area contributed by atoms with Gasteiger partial charge in [-0.15, -0.1) is 0 Å². The molecule has 0 amide bonds. The summed E-state index contributed by atoms with van der Waals surface area (Å²) in [6.45, 7) is 1.74. The van der Waals surface area contributed by atoms with Crippen molar-refractivity contribution in [3.05, 3.63) is 65.5 Å². The highest BCUT2D eigenvalue weighted by Crippen LogP contribution is 2.28. The number of carboxylic acid groups (broad SMARTS) is 1. The van der Waals surface area contributed by atoms with Gasteiger partial charge in [0.25, 0.3) is 0 Å². The Balaban J connectivity index is 2.24. The van der Waals surface area contributed by atoms with Gasteiger partial charge in [-0.2, -0.15) is 0 Å². The Morgan fingerprint density at radius 3 is 2.37 bits per heavy atom. The third kappa shape index (κ3) is 3.39. The average Bonchev–Trinajstić information content (AvgIpc) is 3.04. The summed E-state index contributed by atoms with van der Waals surface area (Å²) >= 11 is 0. The zero-order valence-electron chi connectivity index (χ0n) is 15.1. The van der Waals surface area contributed by atoms with Crippen LogP contribution in [0.2, 0.25) is 0 Å². The molecule has 0 saturated carbocycles. The third-order valence-electron chi connectivity index (χ3n) is 4.19. The van der Waals surface area contributed by atoms with E-state index in [1.165, 1.54) is 19.2 Å². The van der Waals surface area contributed by atoms with Gasteiger partial charge in [0.15, 0.2) is 5.69 Å². The number of rotatable bonds is 5. The van der Waals surface area contributed by atoms with Gasteiger partial charge in [-0.3, -0.25) is 4.57 Å². The van der Waals surface area contributed by atoms with Crippen molar-refractivity contribution in [1.29, 1.82) is 0 Å². The molecular formula is C20H18N2O5. The number of methoxy groups -OCH3 is 2. The van der Waals surface area contributed by atoms with Crippen LogP contribution < -0.4 is 4.74 Å². The summed E-state index contributed by atoms with van der Waals surface area (Å²) in [6.07, 6.45) is 0. The summed E-state index contributed by atoms with van der Waals surface area (Å²) in [4.78, 5) is 27.9. The molecule has 3 aromatic rings. The number of imidazole rings is 1. The highest BCUT2D eigenvalue weighted by Gasteiger charge is 2.22. The van der Waals surface area contributed by atoms with Crippen LogP contribution in [0.4, 0.5) is 0 Å². The first-order chi connectivity index (χ1) is 13.0. The van der Waals surface area contributed by atoms with Crippen LogP contribution in [0.1, 0.15) is 26.5 Å². The Hall–Kier alpha value is -3.61. The second kappa shape index (κ2) is 7.33. The Morgan fingerprint density at radius 1 is 1.07 bits per heavy atom. The lowest BCUT2D eigenvalue weighted by Gasteiger charge is -2.11. The van der Waals surface area contributed by atoms with E-state index in [0.29, 0.717) is 23.0 Å². The number of carbonyl (C=O) groups is 2. The molecule has 0 bridgehead atoms. The van der Waals surface area contributed by atoms with Crippen LogP contribution in [-0.4, -0.2) is 40.8 Å². The van der Waals surface area contributed by atoms with E-state index in [1.54, 1.807) is 42.9 Å². The number of esters is 1. The predicted octanol–water partition coefficient (Wildman–Crippen LogP) is 3.34. The molecule has 138 valence electrons. The smallest absolute Gasteiger partial charge is 0.358 e. The van der Waals surface area contributed by atoms with E-state index in [9.17, 15) is 14.7 Å². The van der Waals surface area contributed by atoms with Crippen LogP contribution >= 0.6 is 0 Å². The molecule has 0 unspecified atom stereocenters. The summed E-state index contributed by atoms with van der Waals surface area (Å²) in [5.41, 5.74) is 2.19. The number of hydrogen-bond donors (Lipinski definition) is 1. The first-order valence-corrected chi connectivity index (χ1v) is 8.12. The molecule has 3 rings (SSSR count). The molecule has 0 spiro atoms. The number of ether oxygens (including phenoxy) is 2. The second-order valence-corrected chi connectivity index (χ2v) is 5.78. The lowest BCUT2D eigenvalue weighted by molar-refractivity contribution is 0.0593. The molecule has 0 aliphatic rings. The number of benzene rings is 2. The van der Waals surface area contributed by atoms with E-state index in [2.05, 4.69) is 4.98 Å². The molecule has 7 heteroatoms. The fraction of sp³-hybridized carbons (Fsp3) is 0.150. The van der Waals surface area contributed by atoms with Gasteiger partial charge in [0, 0.05) is 11.3 Å². The van der Waals surface area contributed by atoms with Crippen LogP contribution in [0.25, 0.3) is 17.1 Å². The van der Waals surface area contributed by atoms with Crippen molar-refractivity contribution < 1.29 is 24.2 Å². The van der Waals surface area contributed by atoms with Crippen molar-refractivity contribution in [3.63, 3.8) is 0 Å². The molecule has 0 saturated heterocycles. The Bertz CT molecular complexity index is 1010. The van der Waals surface area contributed by atoms with E-state index < -0.39 is 11.9 Å². The average molecular weight is 366 g/mol. The Morgan fingerprint density at radius 2 is 1.78 bits per heavy atom. The lowest BCUT2D eigenvalue weighted by Crippen LogP contribution is -2.06. The van der Waals surface area contributed by atoms with Gasteiger partial charge in [-0.1, -0.05) is 6.07 Å². The molecule has 1 heterocycles. The summed E-state index contributed by atoms with van der Waals surface area (Å²) in [5.74, 6) is -0.406. The van der Waals surface area contributed by atoms with Crippen molar-refractivity contribution in [3.8, 4) is 22.8 Å². The second-order valence-electron chi connectivity index (χ2n) is 5.78. The van der Waals surface area contributed by atoms with Crippen LogP contribution in [0.15, 0.2) is 48.5 Å². The number of aromatic nitrogens is 2. The molecule has 2 aromatic carbocycles. The van der Waals surface area contributed by atoms with E-state index in [-0.39, 0.29) is 11.3 Å². The maximum atomic E-state index is 12.1. The maximum Gasteiger partial charge on any atom is 0.358 e. The summed E-state index contributed by atoms with van der Waals surface area (Å²) < 4.78 is 11.7.